The van der Waals surface area contributed by atoms with Crippen LogP contribution in [0.15, 0.2) is 71.6 Å². The first-order chi connectivity index (χ1) is 21.1. The highest BCUT2D eigenvalue weighted by atomic mass is 32.2. The molecule has 0 spiro atoms. The normalized spacial score (nSPS) is 17.0. The lowest BCUT2D eigenvalue weighted by Gasteiger charge is -2.40. The highest BCUT2D eigenvalue weighted by molar-refractivity contribution is 7.89. The first kappa shape index (κ1) is 34.3. The van der Waals surface area contributed by atoms with Gasteiger partial charge in [-0.05, 0) is 65.8 Å². The smallest absolute Gasteiger partial charge is 0.379 e. The summed E-state index contributed by atoms with van der Waals surface area (Å²) in [5.74, 6) is -1.52. The van der Waals surface area contributed by atoms with Crippen molar-refractivity contribution in [1.29, 1.82) is 5.26 Å². The van der Waals surface area contributed by atoms with Crippen LogP contribution in [0, 0.1) is 17.2 Å². The van der Waals surface area contributed by atoms with Gasteiger partial charge < -0.3 is 10.4 Å². The summed E-state index contributed by atoms with van der Waals surface area (Å²) in [7, 11) is -2.00. The van der Waals surface area contributed by atoms with Crippen LogP contribution in [0.4, 0.5) is 18.9 Å². The summed E-state index contributed by atoms with van der Waals surface area (Å²) < 4.78 is 80.5. The molecule has 240 valence electrons. The average Bonchev–Trinajstić information content (AvgIpc) is 3.00. The van der Waals surface area contributed by atoms with Crippen molar-refractivity contribution in [2.24, 2.45) is 5.92 Å². The van der Waals surface area contributed by atoms with Gasteiger partial charge in [-0.2, -0.15) is 18.4 Å². The van der Waals surface area contributed by atoms with Gasteiger partial charge in [0, 0.05) is 45.5 Å². The number of hydrogen-bond donors (Lipinski definition) is 2. The van der Waals surface area contributed by atoms with Crippen LogP contribution in [-0.4, -0.2) is 71.3 Å². The van der Waals surface area contributed by atoms with Crippen LogP contribution in [-0.2, 0) is 38.4 Å². The van der Waals surface area contributed by atoms with E-state index >= 15 is 0 Å². The van der Waals surface area contributed by atoms with E-state index in [0.717, 1.165) is 10.4 Å². The zero-order valence-electron chi connectivity index (χ0n) is 24.8. The van der Waals surface area contributed by atoms with E-state index in [1.54, 1.807) is 40.7 Å². The first-order valence-corrected chi connectivity index (χ1v) is 16.9. The number of alkyl halides is 3. The van der Waals surface area contributed by atoms with E-state index in [1.807, 2.05) is 0 Å². The number of piperidine rings is 1. The fraction of sp³-hybridized carbons (Fsp3) is 0.355. The molecule has 1 heterocycles. The third kappa shape index (κ3) is 7.62. The van der Waals surface area contributed by atoms with Crippen LogP contribution >= 0.6 is 0 Å². The highest BCUT2D eigenvalue weighted by Gasteiger charge is 2.45. The number of nitrogens with zero attached hydrogens (tertiary/aromatic N) is 3. The molecule has 3 aromatic rings. The second-order valence-electron chi connectivity index (χ2n) is 11.1. The van der Waals surface area contributed by atoms with E-state index in [4.69, 9.17) is 5.26 Å². The molecule has 0 aliphatic carbocycles. The summed E-state index contributed by atoms with van der Waals surface area (Å²) in [6, 6.07) is 17.6. The van der Waals surface area contributed by atoms with Crippen molar-refractivity contribution in [2.45, 2.75) is 35.9 Å². The van der Waals surface area contributed by atoms with Gasteiger partial charge in [-0.1, -0.05) is 36.4 Å². The van der Waals surface area contributed by atoms with E-state index in [2.05, 4.69) is 5.32 Å². The van der Waals surface area contributed by atoms with Crippen molar-refractivity contribution >= 4 is 32.6 Å². The lowest BCUT2D eigenvalue weighted by molar-refractivity contribution is -0.142. The number of halogens is 3. The van der Waals surface area contributed by atoms with Crippen molar-refractivity contribution in [3.05, 3.63) is 83.4 Å². The molecule has 2 unspecified atom stereocenters. The quantitative estimate of drug-likeness (QED) is 0.349. The van der Waals surface area contributed by atoms with Crippen molar-refractivity contribution in [3.63, 3.8) is 0 Å². The van der Waals surface area contributed by atoms with E-state index in [1.165, 1.54) is 44.6 Å². The van der Waals surface area contributed by atoms with Gasteiger partial charge in [0.25, 0.3) is 5.91 Å². The van der Waals surface area contributed by atoms with Crippen LogP contribution in [0.2, 0.25) is 0 Å². The molecule has 0 radical (unpaired) electrons. The Kier molecular flexibility index (Phi) is 10.2. The minimum Gasteiger partial charge on any atom is -0.379 e. The Bertz CT molecular complexity index is 1730. The molecule has 2 atom stereocenters. The lowest BCUT2D eigenvalue weighted by Crippen LogP contribution is -2.54. The molecular weight excluding hydrogens is 629 g/mol. The van der Waals surface area contributed by atoms with E-state index in [0.29, 0.717) is 48.7 Å². The molecule has 0 aromatic heterocycles. The zero-order valence-corrected chi connectivity index (χ0v) is 26.5. The minimum absolute atomic E-state index is 0.120. The van der Waals surface area contributed by atoms with Gasteiger partial charge in [0.05, 0.1) is 33.1 Å². The Morgan fingerprint density at radius 1 is 1.07 bits per heavy atom. The molecule has 4 rings (SSSR count). The summed E-state index contributed by atoms with van der Waals surface area (Å²) in [6.07, 6.45) is -2.85. The SMILES string of the molecule is CN(C)S(=O)(=O)c1ccc(-c2cccc(CC(O)(C(=O)Nc3ccc(C#N)c(C(F)(F)F)c3)C3CCN(S(C)=O)CC3)c2)cc1. The number of nitrogens with one attached hydrogen (secondary N) is 1. The number of aliphatic hydroxyl groups is 1. The molecule has 1 aliphatic rings. The summed E-state index contributed by atoms with van der Waals surface area (Å²) in [5, 5.41) is 23.6. The average molecular weight is 663 g/mol. The number of sulfonamides is 1. The predicted molar refractivity (Wildman–Crippen MR) is 165 cm³/mol. The van der Waals surface area contributed by atoms with Gasteiger partial charge in [0.15, 0.2) is 0 Å². The molecule has 9 nitrogen and oxygen atoms in total. The van der Waals surface area contributed by atoms with Crippen LogP contribution in [0.3, 0.4) is 0 Å². The molecule has 1 saturated heterocycles. The van der Waals surface area contributed by atoms with Crippen molar-refractivity contribution < 1.29 is 35.7 Å². The van der Waals surface area contributed by atoms with Crippen LogP contribution in [0.1, 0.15) is 29.5 Å². The number of hydrogen-bond acceptors (Lipinski definition) is 6. The molecule has 0 bridgehead atoms. The Morgan fingerprint density at radius 3 is 2.27 bits per heavy atom. The predicted octanol–water partition coefficient (Wildman–Crippen LogP) is 4.41. The largest absolute Gasteiger partial charge is 0.417 e. The molecule has 1 amide bonds. The summed E-state index contributed by atoms with van der Waals surface area (Å²) >= 11 is 0. The molecule has 0 saturated carbocycles. The Morgan fingerprint density at radius 2 is 1.71 bits per heavy atom. The van der Waals surface area contributed by atoms with Crippen molar-refractivity contribution in [2.75, 3.05) is 38.8 Å². The second-order valence-corrected chi connectivity index (χ2v) is 14.6. The van der Waals surface area contributed by atoms with Crippen molar-refractivity contribution in [3.8, 4) is 17.2 Å². The Hall–Kier alpha value is -3.61. The third-order valence-electron chi connectivity index (χ3n) is 7.96. The minimum atomic E-state index is -4.83. The number of carbonyl (C=O) groups is 1. The maximum atomic E-state index is 13.8. The van der Waals surface area contributed by atoms with E-state index < -0.39 is 55.7 Å². The molecule has 14 heteroatoms. The number of nitriles is 1. The highest BCUT2D eigenvalue weighted by Crippen LogP contribution is 2.36. The van der Waals surface area contributed by atoms with Gasteiger partial charge in [-0.3, -0.25) is 4.79 Å². The summed E-state index contributed by atoms with van der Waals surface area (Å²) in [5.41, 5.74) is -2.14. The van der Waals surface area contributed by atoms with Gasteiger partial charge >= 0.3 is 6.18 Å². The topological polar surface area (TPSA) is 131 Å². The van der Waals surface area contributed by atoms with Crippen molar-refractivity contribution in [1.82, 2.24) is 8.61 Å². The Labute approximate surface area is 262 Å². The monoisotopic (exact) mass is 662 g/mol. The molecule has 3 aromatic carbocycles. The maximum Gasteiger partial charge on any atom is 0.417 e. The van der Waals surface area contributed by atoms with E-state index in [9.17, 15) is 35.7 Å². The lowest BCUT2D eigenvalue weighted by atomic mass is 9.76. The number of amides is 1. The standard InChI is InChI=1S/C31H33F3N4O5S2/c1-37(2)45(42,43)27-11-8-22(9-12-27)23-6-4-5-21(17-23)19-30(40,25-13-15-38(16-14-25)44(3)41)29(39)36-26-10-7-24(20-35)28(18-26)31(32,33)34/h4-12,17-18,25,40H,13-16,19H2,1-3H3,(H,36,39). The third-order valence-corrected chi connectivity index (χ3v) is 10.9. The number of rotatable bonds is 9. The first-order valence-electron chi connectivity index (χ1n) is 13.9. The van der Waals surface area contributed by atoms with Crippen LogP contribution < -0.4 is 5.32 Å². The summed E-state index contributed by atoms with van der Waals surface area (Å²) in [4.78, 5) is 13.9. The molecular formula is C31H33F3N4O5S2. The van der Waals surface area contributed by atoms with Gasteiger partial charge in [-0.25, -0.2) is 21.2 Å². The van der Waals surface area contributed by atoms with E-state index in [-0.39, 0.29) is 17.0 Å². The van der Waals surface area contributed by atoms with Gasteiger partial charge in [0.2, 0.25) is 10.0 Å². The van der Waals surface area contributed by atoms with Crippen LogP contribution in [0.5, 0.6) is 0 Å². The van der Waals surface area contributed by atoms with Crippen LogP contribution in [0.25, 0.3) is 11.1 Å². The number of anilines is 1. The molecule has 2 N–H and O–H groups in total. The van der Waals surface area contributed by atoms with Gasteiger partial charge in [0.1, 0.15) is 5.60 Å². The second kappa shape index (κ2) is 13.4. The molecule has 1 aliphatic heterocycles. The fourth-order valence-corrected chi connectivity index (χ4v) is 7.02. The zero-order chi connectivity index (χ0) is 33.2. The summed E-state index contributed by atoms with van der Waals surface area (Å²) in [6.45, 7) is 0.696. The molecule has 1 fully saturated rings. The number of carbonyl (C=O) groups excluding carboxylic acids is 1. The van der Waals surface area contributed by atoms with Gasteiger partial charge in [-0.15, -0.1) is 0 Å². The molecule has 45 heavy (non-hydrogen) atoms. The Balaban J connectivity index is 1.66. The maximum absolute atomic E-state index is 13.8. The fourth-order valence-electron chi connectivity index (χ4n) is 5.40. The number of benzene rings is 3.